The van der Waals surface area contributed by atoms with Gasteiger partial charge < -0.3 is 10.1 Å². The lowest BCUT2D eigenvalue weighted by Crippen LogP contribution is -2.32. The van der Waals surface area contributed by atoms with E-state index >= 15 is 0 Å². The van der Waals surface area contributed by atoms with Gasteiger partial charge in [0.15, 0.2) is 5.11 Å². The molecule has 4 nitrogen and oxygen atoms in total. The summed E-state index contributed by atoms with van der Waals surface area (Å²) >= 11 is 11.2. The van der Waals surface area contributed by atoms with Crippen LogP contribution in [0.25, 0.3) is 6.08 Å². The quantitative estimate of drug-likeness (QED) is 0.634. The number of para-hydroxylation sites is 1. The number of ether oxygens (including phenoxy) is 1. The summed E-state index contributed by atoms with van der Waals surface area (Å²) in [6.45, 7) is 1.91. The van der Waals surface area contributed by atoms with E-state index in [9.17, 15) is 4.79 Å². The van der Waals surface area contributed by atoms with E-state index < -0.39 is 0 Å². The molecule has 0 heterocycles. The van der Waals surface area contributed by atoms with Crippen molar-refractivity contribution in [3.8, 4) is 5.75 Å². The summed E-state index contributed by atoms with van der Waals surface area (Å²) in [6, 6.07) is 12.9. The molecule has 2 rings (SSSR count). The maximum absolute atomic E-state index is 11.9. The fourth-order valence-corrected chi connectivity index (χ4v) is 2.36. The first-order valence-electron chi connectivity index (χ1n) is 7.19. The molecule has 124 valence electrons. The molecule has 2 aromatic carbocycles. The molecule has 6 heteroatoms. The Hall–Kier alpha value is -2.37. The number of nitrogens with one attached hydrogen (secondary N) is 2. The Bertz CT molecular complexity index is 790. The second-order valence-electron chi connectivity index (χ2n) is 4.98. The van der Waals surface area contributed by atoms with Crippen molar-refractivity contribution in [2.75, 3.05) is 12.4 Å². The minimum absolute atomic E-state index is 0.199. The average Bonchev–Trinajstić information content (AvgIpc) is 2.56. The Kier molecular flexibility index (Phi) is 6.35. The molecule has 2 N–H and O–H groups in total. The molecule has 0 atom stereocenters. The van der Waals surface area contributed by atoms with Gasteiger partial charge >= 0.3 is 0 Å². The zero-order valence-corrected chi connectivity index (χ0v) is 14.9. The summed E-state index contributed by atoms with van der Waals surface area (Å²) in [5, 5.41) is 6.33. The normalized spacial score (nSPS) is 10.5. The molecule has 0 saturated carbocycles. The van der Waals surface area contributed by atoms with Gasteiger partial charge in [0.05, 0.1) is 7.11 Å². The van der Waals surface area contributed by atoms with Crippen LogP contribution in [0.3, 0.4) is 0 Å². The number of hydrogen-bond acceptors (Lipinski definition) is 3. The van der Waals surface area contributed by atoms with E-state index in [1.807, 2.05) is 43.3 Å². The SMILES string of the molecule is COc1ccccc1/C=C\C(=O)NC(=S)Nc1ccc(C)c(Cl)c1. The third kappa shape index (κ3) is 5.08. The van der Waals surface area contributed by atoms with E-state index in [1.54, 1.807) is 19.3 Å². The van der Waals surface area contributed by atoms with Crippen LogP contribution in [-0.2, 0) is 4.79 Å². The fraction of sp³-hybridized carbons (Fsp3) is 0.111. The maximum Gasteiger partial charge on any atom is 0.250 e. The van der Waals surface area contributed by atoms with E-state index in [4.69, 9.17) is 28.6 Å². The minimum atomic E-state index is -0.336. The highest BCUT2D eigenvalue weighted by Gasteiger charge is 2.04. The molecule has 0 aromatic heterocycles. The molecule has 0 aliphatic carbocycles. The third-order valence-electron chi connectivity index (χ3n) is 3.22. The van der Waals surface area contributed by atoms with Crippen molar-refractivity contribution in [1.82, 2.24) is 5.32 Å². The minimum Gasteiger partial charge on any atom is -0.496 e. The summed E-state index contributed by atoms with van der Waals surface area (Å²) in [5.74, 6) is 0.355. The number of thiocarbonyl (C=S) groups is 1. The summed E-state index contributed by atoms with van der Waals surface area (Å²) < 4.78 is 5.22. The van der Waals surface area contributed by atoms with Crippen LogP contribution in [0.4, 0.5) is 5.69 Å². The number of methoxy groups -OCH3 is 1. The standard InChI is InChI=1S/C18H17ClN2O2S/c1-12-7-9-14(11-15(12)19)20-18(24)21-17(22)10-8-13-5-3-4-6-16(13)23-2/h3-11H,1-2H3,(H2,20,21,22,24)/b10-8-. The number of halogens is 1. The molecule has 0 aliphatic heterocycles. The monoisotopic (exact) mass is 360 g/mol. The molecule has 0 aliphatic rings. The number of benzene rings is 2. The molecule has 0 bridgehead atoms. The lowest BCUT2D eigenvalue weighted by atomic mass is 10.2. The highest BCUT2D eigenvalue weighted by atomic mass is 35.5. The summed E-state index contributed by atoms with van der Waals surface area (Å²) in [5.41, 5.74) is 2.49. The van der Waals surface area contributed by atoms with Gasteiger partial charge in [0.2, 0.25) is 5.91 Å². The largest absolute Gasteiger partial charge is 0.496 e. The molecule has 24 heavy (non-hydrogen) atoms. The third-order valence-corrected chi connectivity index (χ3v) is 3.83. The van der Waals surface area contributed by atoms with E-state index in [1.165, 1.54) is 6.08 Å². The molecule has 2 aromatic rings. The summed E-state index contributed by atoms with van der Waals surface area (Å²) in [6.07, 6.45) is 3.06. The number of rotatable bonds is 4. The van der Waals surface area contributed by atoms with Crippen molar-refractivity contribution in [2.24, 2.45) is 0 Å². The second-order valence-corrected chi connectivity index (χ2v) is 5.80. The smallest absolute Gasteiger partial charge is 0.250 e. The van der Waals surface area contributed by atoms with Crippen molar-refractivity contribution in [1.29, 1.82) is 0 Å². The number of anilines is 1. The van der Waals surface area contributed by atoms with Crippen molar-refractivity contribution in [2.45, 2.75) is 6.92 Å². The molecule has 1 amide bonds. The number of aryl methyl sites for hydroxylation is 1. The van der Waals surface area contributed by atoms with E-state index in [0.717, 1.165) is 11.1 Å². The topological polar surface area (TPSA) is 50.4 Å². The second kappa shape index (κ2) is 8.47. The van der Waals surface area contributed by atoms with Crippen LogP contribution < -0.4 is 15.4 Å². The highest BCUT2D eigenvalue weighted by Crippen LogP contribution is 2.20. The molecule has 0 saturated heterocycles. The average molecular weight is 361 g/mol. The fourth-order valence-electron chi connectivity index (χ4n) is 1.96. The first kappa shape index (κ1) is 18.0. The van der Waals surface area contributed by atoms with Crippen molar-refractivity contribution < 1.29 is 9.53 Å². The van der Waals surface area contributed by atoms with Crippen LogP contribution in [-0.4, -0.2) is 18.1 Å². The number of carbonyl (C=O) groups is 1. The van der Waals surface area contributed by atoms with Crippen LogP contribution in [0, 0.1) is 6.92 Å². The van der Waals surface area contributed by atoms with Gasteiger partial charge in [-0.15, -0.1) is 0 Å². The lowest BCUT2D eigenvalue weighted by molar-refractivity contribution is -0.115. The van der Waals surface area contributed by atoms with Crippen molar-refractivity contribution in [3.63, 3.8) is 0 Å². The molecule has 0 unspecified atom stereocenters. The Morgan fingerprint density at radius 3 is 2.71 bits per heavy atom. The van der Waals surface area contributed by atoms with E-state index in [2.05, 4.69) is 10.6 Å². The van der Waals surface area contributed by atoms with Crippen molar-refractivity contribution >= 4 is 46.6 Å². The van der Waals surface area contributed by atoms with Crippen LogP contribution in [0.15, 0.2) is 48.5 Å². The molecular formula is C18H17ClN2O2S. The van der Waals surface area contributed by atoms with Crippen LogP contribution in [0.1, 0.15) is 11.1 Å². The van der Waals surface area contributed by atoms with Crippen molar-refractivity contribution in [3.05, 3.63) is 64.7 Å². The number of carbonyl (C=O) groups excluding carboxylic acids is 1. The summed E-state index contributed by atoms with van der Waals surface area (Å²) in [4.78, 5) is 11.9. The van der Waals surface area contributed by atoms with Gasteiger partial charge in [-0.25, -0.2) is 0 Å². The van der Waals surface area contributed by atoms with Gasteiger partial charge in [0.1, 0.15) is 5.75 Å². The van der Waals surface area contributed by atoms with Gasteiger partial charge in [-0.2, -0.15) is 0 Å². The first-order chi connectivity index (χ1) is 11.5. The molecule has 0 radical (unpaired) electrons. The van der Waals surface area contributed by atoms with Crippen LogP contribution >= 0.6 is 23.8 Å². The zero-order chi connectivity index (χ0) is 17.5. The van der Waals surface area contributed by atoms with Gasteiger partial charge in [0.25, 0.3) is 0 Å². The Labute approximate surface area is 151 Å². The predicted octanol–water partition coefficient (Wildman–Crippen LogP) is 4.18. The Morgan fingerprint density at radius 1 is 1.25 bits per heavy atom. The van der Waals surface area contributed by atoms with Crippen LogP contribution in [0.5, 0.6) is 5.75 Å². The molecule has 0 spiro atoms. The number of amides is 1. The van der Waals surface area contributed by atoms with Gasteiger partial charge in [0, 0.05) is 22.3 Å². The van der Waals surface area contributed by atoms with E-state index in [0.29, 0.717) is 16.5 Å². The van der Waals surface area contributed by atoms with Crippen LogP contribution in [0.2, 0.25) is 5.02 Å². The van der Waals surface area contributed by atoms with Gasteiger partial charge in [-0.1, -0.05) is 35.9 Å². The number of hydrogen-bond donors (Lipinski definition) is 2. The Balaban J connectivity index is 1.95. The predicted molar refractivity (Wildman–Crippen MR) is 103 cm³/mol. The summed E-state index contributed by atoms with van der Waals surface area (Å²) in [7, 11) is 1.58. The molecular weight excluding hydrogens is 344 g/mol. The lowest BCUT2D eigenvalue weighted by Gasteiger charge is -2.09. The Morgan fingerprint density at radius 2 is 2.00 bits per heavy atom. The van der Waals surface area contributed by atoms with Gasteiger partial charge in [-0.05, 0) is 49.0 Å². The molecule has 0 fully saturated rings. The highest BCUT2D eigenvalue weighted by molar-refractivity contribution is 7.80. The van der Waals surface area contributed by atoms with Gasteiger partial charge in [-0.3, -0.25) is 10.1 Å². The zero-order valence-electron chi connectivity index (χ0n) is 13.3. The maximum atomic E-state index is 11.9. The van der Waals surface area contributed by atoms with E-state index in [-0.39, 0.29) is 11.0 Å². The first-order valence-corrected chi connectivity index (χ1v) is 7.97.